The molecule has 0 aliphatic heterocycles. The molecule has 8 heteroatoms. The molecular weight excluding hydrogens is 306 g/mol. The second kappa shape index (κ2) is 7.59. The Labute approximate surface area is 131 Å². The first kappa shape index (κ1) is 16.8. The summed E-state index contributed by atoms with van der Waals surface area (Å²) in [5.41, 5.74) is 0.187. The quantitative estimate of drug-likeness (QED) is 0.831. The van der Waals surface area contributed by atoms with E-state index in [4.69, 9.17) is 0 Å². The summed E-state index contributed by atoms with van der Waals surface area (Å²) in [5.74, 6) is -1.85. The summed E-state index contributed by atoms with van der Waals surface area (Å²) in [7, 11) is 1.68. The zero-order chi connectivity index (χ0) is 16.8. The van der Waals surface area contributed by atoms with Crippen LogP contribution in [0.15, 0.2) is 36.8 Å². The van der Waals surface area contributed by atoms with Gasteiger partial charge in [-0.3, -0.25) is 9.78 Å². The Morgan fingerprint density at radius 3 is 2.78 bits per heavy atom. The summed E-state index contributed by atoms with van der Waals surface area (Å²) in [4.78, 5) is 21.4. The number of aliphatic hydroxyl groups excluding tert-OH is 1. The lowest BCUT2D eigenvalue weighted by Crippen LogP contribution is -2.37. The topological polar surface area (TPSA) is 78.4 Å². The van der Waals surface area contributed by atoms with Crippen LogP contribution in [0.1, 0.15) is 11.7 Å². The number of carbonyl (C=O) groups excluding carboxylic acids is 1. The Balaban J connectivity index is 1.85. The zero-order valence-corrected chi connectivity index (χ0v) is 12.4. The molecule has 0 saturated heterocycles. The molecule has 0 bridgehead atoms. The van der Waals surface area contributed by atoms with Crippen molar-refractivity contribution < 1.29 is 18.7 Å². The number of carbonyl (C=O) groups is 1. The van der Waals surface area contributed by atoms with Crippen LogP contribution in [0.25, 0.3) is 0 Å². The molecule has 2 aromatic rings. The van der Waals surface area contributed by atoms with Gasteiger partial charge >= 0.3 is 0 Å². The van der Waals surface area contributed by atoms with Gasteiger partial charge in [-0.15, -0.1) is 0 Å². The van der Waals surface area contributed by atoms with Crippen molar-refractivity contribution >= 4 is 11.7 Å². The van der Waals surface area contributed by atoms with Gasteiger partial charge in [-0.25, -0.2) is 13.8 Å². The van der Waals surface area contributed by atoms with Gasteiger partial charge in [-0.1, -0.05) is 6.07 Å². The van der Waals surface area contributed by atoms with Crippen LogP contribution in [0, 0.1) is 11.6 Å². The van der Waals surface area contributed by atoms with Crippen molar-refractivity contribution in [1.82, 2.24) is 15.3 Å². The van der Waals surface area contributed by atoms with Gasteiger partial charge in [0.05, 0.1) is 18.8 Å². The summed E-state index contributed by atoms with van der Waals surface area (Å²) in [6.45, 7) is -0.0958. The smallest absolute Gasteiger partial charge is 0.239 e. The van der Waals surface area contributed by atoms with Crippen LogP contribution in [0.3, 0.4) is 0 Å². The molecule has 122 valence electrons. The fourth-order valence-electron chi connectivity index (χ4n) is 1.89. The largest absolute Gasteiger partial charge is 0.387 e. The van der Waals surface area contributed by atoms with E-state index in [0.29, 0.717) is 5.82 Å². The zero-order valence-electron chi connectivity index (χ0n) is 12.4. The Morgan fingerprint density at radius 1 is 1.35 bits per heavy atom. The maximum Gasteiger partial charge on any atom is 0.239 e. The first-order valence-electron chi connectivity index (χ1n) is 6.84. The molecule has 0 spiro atoms. The van der Waals surface area contributed by atoms with Gasteiger partial charge in [0.2, 0.25) is 5.91 Å². The van der Waals surface area contributed by atoms with E-state index in [2.05, 4.69) is 15.3 Å². The normalized spacial score (nSPS) is 11.8. The molecule has 0 aliphatic rings. The number of likely N-dealkylation sites (N-methyl/N-ethyl adjacent to an activating group) is 1. The fourth-order valence-corrected chi connectivity index (χ4v) is 1.89. The Morgan fingerprint density at radius 2 is 2.13 bits per heavy atom. The van der Waals surface area contributed by atoms with Crippen molar-refractivity contribution in [3.05, 3.63) is 54.0 Å². The van der Waals surface area contributed by atoms with Crippen molar-refractivity contribution in [1.29, 1.82) is 0 Å². The third-order valence-electron chi connectivity index (χ3n) is 3.14. The average Bonchev–Trinajstić information content (AvgIpc) is 2.56. The number of aliphatic hydroxyl groups is 1. The number of halogens is 2. The van der Waals surface area contributed by atoms with Crippen LogP contribution in [0.5, 0.6) is 0 Å². The standard InChI is InChI=1S/C15H16F2N4O2/c1-21(14-8-18-4-5-19-14)9-15(23)20-7-13(22)10-2-3-11(16)12(17)6-10/h2-6,8,13,22H,7,9H2,1H3,(H,20,23)/t13-/m1/s1. The lowest BCUT2D eigenvalue weighted by Gasteiger charge is -2.18. The van der Waals surface area contributed by atoms with E-state index in [1.54, 1.807) is 11.9 Å². The molecule has 1 atom stereocenters. The number of benzene rings is 1. The van der Waals surface area contributed by atoms with E-state index in [1.165, 1.54) is 24.7 Å². The molecule has 1 aromatic carbocycles. The van der Waals surface area contributed by atoms with Crippen LogP contribution in [-0.4, -0.2) is 41.1 Å². The summed E-state index contributed by atoms with van der Waals surface area (Å²) in [6.07, 6.45) is 3.42. The monoisotopic (exact) mass is 322 g/mol. The van der Waals surface area contributed by atoms with E-state index < -0.39 is 17.7 Å². The number of amides is 1. The molecule has 23 heavy (non-hydrogen) atoms. The van der Waals surface area contributed by atoms with Crippen molar-refractivity contribution in [3.63, 3.8) is 0 Å². The second-order valence-electron chi connectivity index (χ2n) is 4.91. The second-order valence-corrected chi connectivity index (χ2v) is 4.91. The van der Waals surface area contributed by atoms with Crippen LogP contribution in [0.4, 0.5) is 14.6 Å². The number of anilines is 1. The van der Waals surface area contributed by atoms with Crippen molar-refractivity contribution in [2.24, 2.45) is 0 Å². The molecule has 1 amide bonds. The lowest BCUT2D eigenvalue weighted by atomic mass is 10.1. The maximum atomic E-state index is 13.1. The Bertz CT molecular complexity index is 670. The number of aromatic nitrogens is 2. The summed E-state index contributed by atoms with van der Waals surface area (Å²) >= 11 is 0. The van der Waals surface area contributed by atoms with Gasteiger partial charge in [0, 0.05) is 26.0 Å². The third kappa shape index (κ3) is 4.68. The molecular formula is C15H16F2N4O2. The molecule has 6 nitrogen and oxygen atoms in total. The van der Waals surface area contributed by atoms with E-state index in [-0.39, 0.29) is 24.6 Å². The van der Waals surface area contributed by atoms with Gasteiger partial charge in [-0.05, 0) is 17.7 Å². The highest BCUT2D eigenvalue weighted by Gasteiger charge is 2.13. The molecule has 2 N–H and O–H groups in total. The summed E-state index contributed by atoms with van der Waals surface area (Å²) in [6, 6.07) is 3.09. The fraction of sp³-hybridized carbons (Fsp3) is 0.267. The molecule has 0 fully saturated rings. The minimum Gasteiger partial charge on any atom is -0.387 e. The van der Waals surface area contributed by atoms with Gasteiger partial charge in [0.25, 0.3) is 0 Å². The number of nitrogens with one attached hydrogen (secondary N) is 1. The van der Waals surface area contributed by atoms with E-state index in [9.17, 15) is 18.7 Å². The Kier molecular flexibility index (Phi) is 5.53. The highest BCUT2D eigenvalue weighted by atomic mass is 19.2. The Hall–Kier alpha value is -2.61. The van der Waals surface area contributed by atoms with Crippen LogP contribution in [0.2, 0.25) is 0 Å². The number of nitrogens with zero attached hydrogens (tertiary/aromatic N) is 3. The molecule has 1 heterocycles. The van der Waals surface area contributed by atoms with E-state index in [1.807, 2.05) is 0 Å². The summed E-state index contributed by atoms with van der Waals surface area (Å²) < 4.78 is 25.9. The van der Waals surface area contributed by atoms with Crippen molar-refractivity contribution in [2.75, 3.05) is 25.0 Å². The molecule has 0 saturated carbocycles. The van der Waals surface area contributed by atoms with Crippen LogP contribution in [-0.2, 0) is 4.79 Å². The predicted molar refractivity (Wildman–Crippen MR) is 79.6 cm³/mol. The number of rotatable bonds is 6. The van der Waals surface area contributed by atoms with Gasteiger partial charge < -0.3 is 15.3 Å². The van der Waals surface area contributed by atoms with E-state index in [0.717, 1.165) is 12.1 Å². The summed E-state index contributed by atoms with van der Waals surface area (Å²) in [5, 5.41) is 12.4. The average molecular weight is 322 g/mol. The molecule has 2 rings (SSSR count). The van der Waals surface area contributed by atoms with Crippen molar-refractivity contribution in [3.8, 4) is 0 Å². The molecule has 1 aromatic heterocycles. The van der Waals surface area contributed by atoms with Crippen LogP contribution < -0.4 is 10.2 Å². The highest BCUT2D eigenvalue weighted by Crippen LogP contribution is 2.15. The lowest BCUT2D eigenvalue weighted by molar-refractivity contribution is -0.120. The first-order chi connectivity index (χ1) is 11.0. The molecule has 0 radical (unpaired) electrons. The maximum absolute atomic E-state index is 13.1. The van der Waals surface area contributed by atoms with Gasteiger partial charge in [0.15, 0.2) is 11.6 Å². The van der Waals surface area contributed by atoms with Crippen LogP contribution >= 0.6 is 0 Å². The SMILES string of the molecule is CN(CC(=O)NC[C@@H](O)c1ccc(F)c(F)c1)c1cnccn1. The predicted octanol–water partition coefficient (Wildman–Crippen LogP) is 1.04. The molecule has 0 unspecified atom stereocenters. The number of hydrogen-bond acceptors (Lipinski definition) is 5. The first-order valence-corrected chi connectivity index (χ1v) is 6.84. The minimum absolute atomic E-state index is 0.0171. The van der Waals surface area contributed by atoms with E-state index >= 15 is 0 Å². The van der Waals surface area contributed by atoms with Gasteiger partial charge in [-0.2, -0.15) is 0 Å². The third-order valence-corrected chi connectivity index (χ3v) is 3.14. The highest BCUT2D eigenvalue weighted by molar-refractivity contribution is 5.80. The minimum atomic E-state index is -1.13. The van der Waals surface area contributed by atoms with Gasteiger partial charge in [0.1, 0.15) is 5.82 Å². The number of hydrogen-bond donors (Lipinski definition) is 2. The molecule has 0 aliphatic carbocycles. The van der Waals surface area contributed by atoms with Crippen molar-refractivity contribution in [2.45, 2.75) is 6.10 Å².